The molecule has 0 aromatic carbocycles. The van der Waals surface area contributed by atoms with E-state index >= 15 is 0 Å². The molecule has 0 aliphatic heterocycles. The summed E-state index contributed by atoms with van der Waals surface area (Å²) in [4.78, 5) is 27.5. The number of carbonyl (C=O) groups is 2. The van der Waals surface area contributed by atoms with Crippen LogP contribution in [-0.4, -0.2) is 40.3 Å². The molecule has 0 radical (unpaired) electrons. The van der Waals surface area contributed by atoms with Gasteiger partial charge in [0.25, 0.3) is 5.91 Å². The maximum Gasteiger partial charge on any atom is 0.305 e. The number of esters is 1. The van der Waals surface area contributed by atoms with Gasteiger partial charge in [-0.3, -0.25) is 9.59 Å². The number of hydrogen-bond donors (Lipinski definition) is 1. The summed E-state index contributed by atoms with van der Waals surface area (Å²) in [5.41, 5.74) is 1.31. The molecule has 0 saturated heterocycles. The van der Waals surface area contributed by atoms with Gasteiger partial charge in [-0.2, -0.15) is 5.10 Å². The molecule has 2 aromatic rings. The van der Waals surface area contributed by atoms with Crippen LogP contribution in [0.5, 0.6) is 0 Å². The maximum absolute atomic E-state index is 12.3. The first kappa shape index (κ1) is 18.6. The molecule has 1 amide bonds. The molecule has 25 heavy (non-hydrogen) atoms. The third-order valence-corrected chi connectivity index (χ3v) is 3.94. The van der Waals surface area contributed by atoms with Crippen LogP contribution in [-0.2, 0) is 9.53 Å². The van der Waals surface area contributed by atoms with Gasteiger partial charge in [0.15, 0.2) is 5.82 Å². The van der Waals surface area contributed by atoms with Gasteiger partial charge in [-0.15, -0.1) is 0 Å². The summed E-state index contributed by atoms with van der Waals surface area (Å²) in [6.07, 6.45) is 7.31. The van der Waals surface area contributed by atoms with Crippen molar-refractivity contribution in [2.75, 3.05) is 13.7 Å². The van der Waals surface area contributed by atoms with Crippen LogP contribution in [0.3, 0.4) is 0 Å². The van der Waals surface area contributed by atoms with E-state index in [1.165, 1.54) is 7.11 Å². The average Bonchev–Trinajstić information content (AvgIpc) is 3.02. The molecular weight excluding hydrogens is 320 g/mol. The second-order valence-electron chi connectivity index (χ2n) is 5.74. The molecule has 2 aromatic heterocycles. The monoisotopic (exact) mass is 344 g/mol. The van der Waals surface area contributed by atoms with Gasteiger partial charge in [0.1, 0.15) is 0 Å². The predicted molar refractivity (Wildman–Crippen MR) is 93.5 cm³/mol. The van der Waals surface area contributed by atoms with E-state index in [2.05, 4.69) is 20.1 Å². The fraction of sp³-hybridized carbons (Fsp3) is 0.444. The lowest BCUT2D eigenvalue weighted by atomic mass is 10.1. The second-order valence-corrected chi connectivity index (χ2v) is 5.74. The Bertz CT molecular complexity index is 698. The molecule has 0 atom stereocenters. The molecule has 2 heterocycles. The van der Waals surface area contributed by atoms with Gasteiger partial charge >= 0.3 is 5.97 Å². The van der Waals surface area contributed by atoms with Gasteiger partial charge in [0.2, 0.25) is 0 Å². The molecule has 0 aliphatic carbocycles. The molecule has 0 fully saturated rings. The number of rotatable bonds is 9. The molecule has 0 bridgehead atoms. The normalized spacial score (nSPS) is 10.5. The fourth-order valence-electron chi connectivity index (χ4n) is 2.49. The van der Waals surface area contributed by atoms with Crippen molar-refractivity contribution in [2.45, 2.75) is 39.0 Å². The minimum Gasteiger partial charge on any atom is -0.469 e. The zero-order chi connectivity index (χ0) is 18.1. The Morgan fingerprint density at radius 2 is 2.00 bits per heavy atom. The zero-order valence-electron chi connectivity index (χ0n) is 14.7. The SMILES string of the molecule is COC(=O)CCCCCCNC(=O)c1cnn(-c2ccccn2)c1C. The van der Waals surface area contributed by atoms with Crippen LogP contribution < -0.4 is 5.32 Å². The lowest BCUT2D eigenvalue weighted by Gasteiger charge is -2.06. The third-order valence-electron chi connectivity index (χ3n) is 3.94. The summed E-state index contributed by atoms with van der Waals surface area (Å²) in [7, 11) is 1.40. The molecule has 0 aliphatic rings. The lowest BCUT2D eigenvalue weighted by Crippen LogP contribution is -2.25. The van der Waals surface area contributed by atoms with E-state index in [1.54, 1.807) is 17.1 Å². The summed E-state index contributed by atoms with van der Waals surface area (Å²) >= 11 is 0. The molecule has 0 saturated carbocycles. The number of methoxy groups -OCH3 is 1. The minimum absolute atomic E-state index is 0.130. The number of ether oxygens (including phenoxy) is 1. The van der Waals surface area contributed by atoms with E-state index < -0.39 is 0 Å². The number of amides is 1. The molecule has 2 rings (SSSR count). The Morgan fingerprint density at radius 3 is 2.72 bits per heavy atom. The standard InChI is InChI=1S/C18H24N4O3/c1-14-15(13-21-22(14)16-9-6-8-11-19-16)18(24)20-12-7-4-3-5-10-17(23)25-2/h6,8-9,11,13H,3-5,7,10,12H2,1-2H3,(H,20,24). The lowest BCUT2D eigenvalue weighted by molar-refractivity contribution is -0.140. The number of aromatic nitrogens is 3. The van der Waals surface area contributed by atoms with Crippen LogP contribution in [0.25, 0.3) is 5.82 Å². The van der Waals surface area contributed by atoms with Crippen molar-refractivity contribution in [3.63, 3.8) is 0 Å². The molecule has 7 nitrogen and oxygen atoms in total. The fourth-order valence-corrected chi connectivity index (χ4v) is 2.49. The average molecular weight is 344 g/mol. The highest BCUT2D eigenvalue weighted by Gasteiger charge is 2.15. The highest BCUT2D eigenvalue weighted by molar-refractivity contribution is 5.95. The molecule has 0 unspecified atom stereocenters. The Hall–Kier alpha value is -2.70. The number of nitrogens with zero attached hydrogens (tertiary/aromatic N) is 3. The van der Waals surface area contributed by atoms with Crippen molar-refractivity contribution >= 4 is 11.9 Å². The third kappa shape index (κ3) is 5.41. The largest absolute Gasteiger partial charge is 0.469 e. The Morgan fingerprint density at radius 1 is 1.20 bits per heavy atom. The van der Waals surface area contributed by atoms with Gasteiger partial charge in [-0.05, 0) is 31.9 Å². The Labute approximate surface area is 147 Å². The van der Waals surface area contributed by atoms with Crippen LogP contribution >= 0.6 is 0 Å². The van der Waals surface area contributed by atoms with Crippen molar-refractivity contribution in [3.05, 3.63) is 41.9 Å². The summed E-state index contributed by atoms with van der Waals surface area (Å²) in [6.45, 7) is 2.45. The highest BCUT2D eigenvalue weighted by Crippen LogP contribution is 2.12. The Balaban J connectivity index is 1.75. The van der Waals surface area contributed by atoms with Crippen molar-refractivity contribution in [2.24, 2.45) is 0 Å². The molecule has 7 heteroatoms. The first-order valence-electron chi connectivity index (χ1n) is 8.44. The van der Waals surface area contributed by atoms with Crippen LogP contribution in [0.1, 0.15) is 48.2 Å². The molecular formula is C18H24N4O3. The summed E-state index contributed by atoms with van der Waals surface area (Å²) in [5.74, 6) is 0.382. The minimum atomic E-state index is -0.173. The van der Waals surface area contributed by atoms with Crippen LogP contribution in [0, 0.1) is 6.92 Å². The number of hydrogen-bond acceptors (Lipinski definition) is 5. The van der Waals surface area contributed by atoms with E-state index in [4.69, 9.17) is 0 Å². The van der Waals surface area contributed by atoms with E-state index in [0.717, 1.165) is 31.4 Å². The van der Waals surface area contributed by atoms with Gasteiger partial charge < -0.3 is 10.1 Å². The van der Waals surface area contributed by atoms with Crippen molar-refractivity contribution in [3.8, 4) is 5.82 Å². The topological polar surface area (TPSA) is 86.1 Å². The van der Waals surface area contributed by atoms with Crippen LogP contribution in [0.2, 0.25) is 0 Å². The van der Waals surface area contributed by atoms with E-state index in [0.29, 0.717) is 24.3 Å². The van der Waals surface area contributed by atoms with Gasteiger partial charge in [0.05, 0.1) is 24.6 Å². The number of unbranched alkanes of at least 4 members (excludes halogenated alkanes) is 3. The van der Waals surface area contributed by atoms with E-state index in [-0.39, 0.29) is 11.9 Å². The van der Waals surface area contributed by atoms with E-state index in [1.807, 2.05) is 25.1 Å². The molecule has 1 N–H and O–H groups in total. The predicted octanol–water partition coefficient (Wildman–Crippen LogP) is 2.43. The first-order valence-corrected chi connectivity index (χ1v) is 8.44. The summed E-state index contributed by atoms with van der Waals surface area (Å²) in [6, 6.07) is 5.56. The summed E-state index contributed by atoms with van der Waals surface area (Å²) in [5, 5.41) is 7.16. The van der Waals surface area contributed by atoms with Crippen molar-refractivity contribution in [1.82, 2.24) is 20.1 Å². The number of pyridine rings is 1. The highest BCUT2D eigenvalue weighted by atomic mass is 16.5. The first-order chi connectivity index (χ1) is 12.1. The van der Waals surface area contributed by atoms with E-state index in [9.17, 15) is 9.59 Å². The quantitative estimate of drug-likeness (QED) is 0.558. The zero-order valence-corrected chi connectivity index (χ0v) is 14.7. The number of carbonyl (C=O) groups excluding carboxylic acids is 2. The number of nitrogens with one attached hydrogen (secondary N) is 1. The smallest absolute Gasteiger partial charge is 0.305 e. The molecule has 134 valence electrons. The molecule has 0 spiro atoms. The van der Waals surface area contributed by atoms with Gasteiger partial charge in [0, 0.05) is 19.2 Å². The second kappa shape index (κ2) is 9.56. The van der Waals surface area contributed by atoms with Crippen molar-refractivity contribution in [1.29, 1.82) is 0 Å². The summed E-state index contributed by atoms with van der Waals surface area (Å²) < 4.78 is 6.25. The Kier molecular flexibility index (Phi) is 7.13. The maximum atomic E-state index is 12.3. The van der Waals surface area contributed by atoms with Crippen molar-refractivity contribution < 1.29 is 14.3 Å². The van der Waals surface area contributed by atoms with Crippen LogP contribution in [0.15, 0.2) is 30.6 Å². The van der Waals surface area contributed by atoms with Crippen LogP contribution in [0.4, 0.5) is 0 Å². The van der Waals surface area contributed by atoms with Gasteiger partial charge in [-0.25, -0.2) is 9.67 Å². The van der Waals surface area contributed by atoms with Gasteiger partial charge in [-0.1, -0.05) is 18.9 Å².